The van der Waals surface area contributed by atoms with Crippen LogP contribution in [0.15, 0.2) is 66.7 Å². The van der Waals surface area contributed by atoms with Crippen molar-refractivity contribution >= 4 is 6.08 Å². The molecule has 0 bridgehead atoms. The summed E-state index contributed by atoms with van der Waals surface area (Å²) < 4.78 is 0. The van der Waals surface area contributed by atoms with Crippen LogP contribution in [0.2, 0.25) is 0 Å². The van der Waals surface area contributed by atoms with Crippen LogP contribution in [0.1, 0.15) is 30.4 Å². The summed E-state index contributed by atoms with van der Waals surface area (Å²) >= 11 is 0. The zero-order valence-corrected chi connectivity index (χ0v) is 11.2. The molecular formula is C18H20O. The average molecular weight is 252 g/mol. The van der Waals surface area contributed by atoms with Gasteiger partial charge >= 0.3 is 0 Å². The fourth-order valence-electron chi connectivity index (χ4n) is 2.09. The summed E-state index contributed by atoms with van der Waals surface area (Å²) in [5.41, 5.74) is 2.35. The van der Waals surface area contributed by atoms with Gasteiger partial charge in [0, 0.05) is 5.92 Å². The van der Waals surface area contributed by atoms with Crippen molar-refractivity contribution in [3.63, 3.8) is 0 Å². The molecule has 2 rings (SSSR count). The molecule has 0 radical (unpaired) electrons. The monoisotopic (exact) mass is 252 g/mol. The summed E-state index contributed by atoms with van der Waals surface area (Å²) in [6, 6.07) is 20.3. The number of aliphatic hydroxyl groups excluding tert-OH is 1. The molecule has 0 saturated carbocycles. The molecule has 2 atom stereocenters. The van der Waals surface area contributed by atoms with Crippen molar-refractivity contribution in [1.29, 1.82) is 0 Å². The Balaban J connectivity index is 1.91. The van der Waals surface area contributed by atoms with Crippen molar-refractivity contribution in [3.05, 3.63) is 77.9 Å². The van der Waals surface area contributed by atoms with Gasteiger partial charge in [-0.2, -0.15) is 0 Å². The van der Waals surface area contributed by atoms with Gasteiger partial charge in [-0.1, -0.05) is 79.7 Å². The lowest BCUT2D eigenvalue weighted by molar-refractivity contribution is 0.152. The number of hydrogen-bond donors (Lipinski definition) is 1. The maximum atomic E-state index is 10.2. The summed E-state index contributed by atoms with van der Waals surface area (Å²) in [6.45, 7) is 2.07. The Morgan fingerprint density at radius 3 is 2.16 bits per heavy atom. The Bertz CT molecular complexity index is 502. The Kier molecular flexibility index (Phi) is 4.93. The number of aliphatic hydroxyl groups is 1. The molecule has 2 aromatic carbocycles. The maximum absolute atomic E-state index is 10.2. The van der Waals surface area contributed by atoms with Crippen molar-refractivity contribution in [1.82, 2.24) is 0 Å². The van der Waals surface area contributed by atoms with Crippen molar-refractivity contribution in [2.24, 2.45) is 0 Å². The average Bonchev–Trinajstić information content (AvgIpc) is 2.48. The number of benzene rings is 2. The van der Waals surface area contributed by atoms with Gasteiger partial charge in [-0.05, 0) is 17.5 Å². The van der Waals surface area contributed by atoms with Crippen LogP contribution < -0.4 is 0 Å². The van der Waals surface area contributed by atoms with Crippen LogP contribution in [0, 0.1) is 0 Å². The number of rotatable bonds is 5. The second-order valence-corrected chi connectivity index (χ2v) is 4.82. The highest BCUT2D eigenvalue weighted by Gasteiger charge is 2.14. The van der Waals surface area contributed by atoms with Gasteiger partial charge in [-0.15, -0.1) is 0 Å². The third kappa shape index (κ3) is 4.08. The first kappa shape index (κ1) is 13.6. The topological polar surface area (TPSA) is 20.2 Å². The van der Waals surface area contributed by atoms with Gasteiger partial charge in [-0.25, -0.2) is 0 Å². The van der Waals surface area contributed by atoms with Gasteiger partial charge in [0.25, 0.3) is 0 Å². The molecular weight excluding hydrogens is 232 g/mol. The molecule has 0 spiro atoms. The minimum Gasteiger partial charge on any atom is -0.392 e. The van der Waals surface area contributed by atoms with E-state index in [0.717, 1.165) is 0 Å². The number of hydrogen-bond acceptors (Lipinski definition) is 1. The second kappa shape index (κ2) is 6.91. The highest BCUT2D eigenvalue weighted by molar-refractivity contribution is 5.48. The van der Waals surface area contributed by atoms with Crippen LogP contribution in [0.25, 0.3) is 6.08 Å². The van der Waals surface area contributed by atoms with E-state index in [1.165, 1.54) is 11.1 Å². The van der Waals surface area contributed by atoms with Crippen LogP contribution >= 0.6 is 0 Å². The van der Waals surface area contributed by atoms with Crippen LogP contribution in [0.3, 0.4) is 0 Å². The molecule has 1 nitrogen and oxygen atoms in total. The molecule has 0 fully saturated rings. The molecule has 1 N–H and O–H groups in total. The lowest BCUT2D eigenvalue weighted by Gasteiger charge is -2.17. The molecule has 1 heteroatoms. The van der Waals surface area contributed by atoms with Crippen molar-refractivity contribution in [2.45, 2.75) is 25.4 Å². The largest absolute Gasteiger partial charge is 0.392 e. The van der Waals surface area contributed by atoms with Gasteiger partial charge in [0.2, 0.25) is 0 Å². The Hall–Kier alpha value is -1.86. The maximum Gasteiger partial charge on any atom is 0.0640 e. The van der Waals surface area contributed by atoms with E-state index >= 15 is 0 Å². The van der Waals surface area contributed by atoms with Gasteiger partial charge < -0.3 is 5.11 Å². The Morgan fingerprint density at radius 2 is 1.53 bits per heavy atom. The van der Waals surface area contributed by atoms with E-state index in [0.29, 0.717) is 6.42 Å². The standard InChI is InChI=1S/C18H20O/c1-15(17-12-6-3-7-13-17)18(19)14-8-11-16-9-4-2-5-10-16/h2-13,15,18-19H,14H2,1H3/b11-8+. The molecule has 0 heterocycles. The fraction of sp³-hybridized carbons (Fsp3) is 0.222. The van der Waals surface area contributed by atoms with Crippen LogP contribution in [0.4, 0.5) is 0 Å². The van der Waals surface area contributed by atoms with Gasteiger partial charge in [0.1, 0.15) is 0 Å². The van der Waals surface area contributed by atoms with E-state index in [-0.39, 0.29) is 12.0 Å². The zero-order valence-electron chi connectivity index (χ0n) is 11.2. The lowest BCUT2D eigenvalue weighted by Crippen LogP contribution is -2.14. The predicted octanol–water partition coefficient (Wildman–Crippen LogP) is 4.25. The highest BCUT2D eigenvalue weighted by atomic mass is 16.3. The van der Waals surface area contributed by atoms with Gasteiger partial charge in [0.15, 0.2) is 0 Å². The molecule has 0 amide bonds. The molecule has 2 aromatic rings. The zero-order chi connectivity index (χ0) is 13.5. The van der Waals surface area contributed by atoms with Gasteiger partial charge in [0.05, 0.1) is 6.10 Å². The van der Waals surface area contributed by atoms with Crippen LogP contribution in [0.5, 0.6) is 0 Å². The molecule has 2 unspecified atom stereocenters. The molecule has 0 saturated heterocycles. The molecule has 0 aliphatic carbocycles. The van der Waals surface area contributed by atoms with Gasteiger partial charge in [-0.3, -0.25) is 0 Å². The lowest BCUT2D eigenvalue weighted by atomic mass is 9.93. The molecule has 98 valence electrons. The quantitative estimate of drug-likeness (QED) is 0.843. The normalized spacial score (nSPS) is 14.4. The smallest absolute Gasteiger partial charge is 0.0640 e. The van der Waals surface area contributed by atoms with Crippen molar-refractivity contribution < 1.29 is 5.11 Å². The summed E-state index contributed by atoms with van der Waals surface area (Å²) in [5.74, 6) is 0.154. The van der Waals surface area contributed by atoms with Crippen molar-refractivity contribution in [3.8, 4) is 0 Å². The third-order valence-electron chi connectivity index (χ3n) is 3.39. The minimum atomic E-state index is -0.345. The second-order valence-electron chi connectivity index (χ2n) is 4.82. The minimum absolute atomic E-state index is 0.154. The van der Waals surface area contributed by atoms with E-state index in [9.17, 15) is 5.11 Å². The van der Waals surface area contributed by atoms with E-state index in [1.54, 1.807) is 0 Å². The Labute approximate surface area is 115 Å². The van der Waals surface area contributed by atoms with Crippen molar-refractivity contribution in [2.75, 3.05) is 0 Å². The Morgan fingerprint density at radius 1 is 0.947 bits per heavy atom. The van der Waals surface area contributed by atoms with E-state index in [1.807, 2.05) is 42.5 Å². The summed E-state index contributed by atoms with van der Waals surface area (Å²) in [4.78, 5) is 0. The first-order chi connectivity index (χ1) is 9.27. The molecule has 0 aliphatic heterocycles. The molecule has 0 aromatic heterocycles. The van der Waals surface area contributed by atoms with E-state index < -0.39 is 0 Å². The first-order valence-corrected chi connectivity index (χ1v) is 6.72. The fourth-order valence-corrected chi connectivity index (χ4v) is 2.09. The van der Waals surface area contributed by atoms with Crippen LogP contribution in [-0.4, -0.2) is 11.2 Å². The molecule has 19 heavy (non-hydrogen) atoms. The van der Waals surface area contributed by atoms with E-state index in [4.69, 9.17) is 0 Å². The van der Waals surface area contributed by atoms with Crippen LogP contribution in [-0.2, 0) is 0 Å². The summed E-state index contributed by atoms with van der Waals surface area (Å²) in [7, 11) is 0. The first-order valence-electron chi connectivity index (χ1n) is 6.72. The summed E-state index contributed by atoms with van der Waals surface area (Å²) in [6.07, 6.45) is 4.42. The summed E-state index contributed by atoms with van der Waals surface area (Å²) in [5, 5.41) is 10.2. The third-order valence-corrected chi connectivity index (χ3v) is 3.39. The predicted molar refractivity (Wildman–Crippen MR) is 81.0 cm³/mol. The van der Waals surface area contributed by atoms with E-state index in [2.05, 4.69) is 37.3 Å². The SMILES string of the molecule is CC(c1ccccc1)C(O)C/C=C/c1ccccc1. The molecule has 0 aliphatic rings. The highest BCUT2D eigenvalue weighted by Crippen LogP contribution is 2.21.